The van der Waals surface area contributed by atoms with Crippen LogP contribution in [0.25, 0.3) is 0 Å². The average Bonchev–Trinajstić information content (AvgIpc) is 2.93. The maximum absolute atomic E-state index is 13.0. The van der Waals surface area contributed by atoms with E-state index in [1.165, 1.54) is 0 Å². The molecule has 208 valence electrons. The number of guanidine groups is 1. The Kier molecular flexibility index (Phi) is 9.45. The summed E-state index contributed by atoms with van der Waals surface area (Å²) in [5.74, 6) is -0.964. The van der Waals surface area contributed by atoms with Gasteiger partial charge in [-0.1, -0.05) is 30.7 Å². The lowest BCUT2D eigenvalue weighted by molar-refractivity contribution is -0.139. The molecule has 1 saturated heterocycles. The summed E-state index contributed by atoms with van der Waals surface area (Å²) < 4.78 is 0. The number of carboxylic acid groups (broad SMARTS) is 1. The fourth-order valence-electron chi connectivity index (χ4n) is 5.16. The minimum Gasteiger partial charge on any atom is -0.480 e. The van der Waals surface area contributed by atoms with E-state index in [1.54, 1.807) is 19.1 Å². The Morgan fingerprint density at radius 3 is 2.51 bits per heavy atom. The first-order chi connectivity index (χ1) is 18.7. The summed E-state index contributed by atoms with van der Waals surface area (Å²) in [5, 5.41) is 19.1. The average molecular weight is 554 g/mol. The molecule has 0 aromatic heterocycles. The highest BCUT2D eigenvalue weighted by Gasteiger charge is 2.27. The number of piperidine rings is 1. The number of aliphatic carboxylic acids is 1. The highest BCUT2D eigenvalue weighted by atomic mass is 35.5. The van der Waals surface area contributed by atoms with Crippen molar-refractivity contribution in [2.24, 2.45) is 10.9 Å². The second-order valence-electron chi connectivity index (χ2n) is 10.1. The van der Waals surface area contributed by atoms with Crippen LogP contribution in [0.5, 0.6) is 0 Å². The molecule has 10 heteroatoms. The zero-order valence-electron chi connectivity index (χ0n) is 22.4. The van der Waals surface area contributed by atoms with E-state index >= 15 is 0 Å². The van der Waals surface area contributed by atoms with Gasteiger partial charge in [0.25, 0.3) is 5.91 Å². The van der Waals surface area contributed by atoms with Crippen molar-refractivity contribution in [2.75, 3.05) is 31.1 Å². The molecule has 39 heavy (non-hydrogen) atoms. The predicted molar refractivity (Wildman–Crippen MR) is 153 cm³/mol. The zero-order valence-corrected chi connectivity index (χ0v) is 23.2. The van der Waals surface area contributed by atoms with Crippen LogP contribution < -0.4 is 20.9 Å². The number of nitrogens with one attached hydrogen (secondary N) is 3. The topological polar surface area (TPSA) is 123 Å². The number of halogens is 1. The molecule has 0 spiro atoms. The van der Waals surface area contributed by atoms with E-state index < -0.39 is 17.9 Å². The van der Waals surface area contributed by atoms with Crippen LogP contribution in [0.15, 0.2) is 41.4 Å². The molecular weight excluding hydrogens is 518 g/mol. The summed E-state index contributed by atoms with van der Waals surface area (Å²) >= 11 is 6.14. The van der Waals surface area contributed by atoms with Crippen molar-refractivity contribution >= 4 is 41.0 Å². The summed E-state index contributed by atoms with van der Waals surface area (Å²) in [5.41, 5.74) is 3.81. The number of benzene rings is 2. The van der Waals surface area contributed by atoms with E-state index in [0.717, 1.165) is 62.3 Å². The molecule has 2 aliphatic rings. The molecule has 1 atom stereocenters. The number of carbonyl (C=O) groups is 3. The number of carbonyl (C=O) groups excluding carboxylic acids is 2. The van der Waals surface area contributed by atoms with Crippen molar-refractivity contribution < 1.29 is 19.5 Å². The van der Waals surface area contributed by atoms with Gasteiger partial charge in [-0.2, -0.15) is 0 Å². The molecule has 1 unspecified atom stereocenters. The Labute approximate surface area is 234 Å². The Hall–Kier alpha value is -3.59. The summed E-state index contributed by atoms with van der Waals surface area (Å²) in [7, 11) is 0. The third-order valence-electron chi connectivity index (χ3n) is 7.34. The maximum Gasteiger partial charge on any atom is 0.326 e. The molecule has 2 heterocycles. The number of amides is 2. The van der Waals surface area contributed by atoms with Crippen molar-refractivity contribution in [1.29, 1.82) is 0 Å². The number of carboxylic acids is 1. The fraction of sp³-hybridized carbons (Fsp3) is 0.448. The molecule has 0 aliphatic carbocycles. The van der Waals surface area contributed by atoms with Crippen LogP contribution >= 0.6 is 11.6 Å². The first-order valence-corrected chi connectivity index (χ1v) is 13.9. The van der Waals surface area contributed by atoms with Crippen LogP contribution in [0.2, 0.25) is 5.02 Å². The quantitative estimate of drug-likeness (QED) is 0.398. The monoisotopic (exact) mass is 553 g/mol. The summed E-state index contributed by atoms with van der Waals surface area (Å²) in [4.78, 5) is 44.2. The van der Waals surface area contributed by atoms with Gasteiger partial charge in [0.2, 0.25) is 5.91 Å². The van der Waals surface area contributed by atoms with Gasteiger partial charge in [-0.05, 0) is 73.6 Å². The first-order valence-electron chi connectivity index (χ1n) is 13.5. The van der Waals surface area contributed by atoms with Gasteiger partial charge in [-0.15, -0.1) is 0 Å². The minimum atomic E-state index is -1.09. The molecule has 2 aliphatic heterocycles. The van der Waals surface area contributed by atoms with Crippen molar-refractivity contribution in [3.63, 3.8) is 0 Å². The van der Waals surface area contributed by atoms with Crippen LogP contribution in [-0.2, 0) is 22.4 Å². The normalized spacial score (nSPS) is 16.6. The highest BCUT2D eigenvalue weighted by Crippen LogP contribution is 2.25. The molecule has 0 radical (unpaired) electrons. The van der Waals surface area contributed by atoms with E-state index in [2.05, 4.69) is 25.8 Å². The van der Waals surface area contributed by atoms with Gasteiger partial charge < -0.3 is 20.6 Å². The van der Waals surface area contributed by atoms with Gasteiger partial charge >= 0.3 is 5.97 Å². The van der Waals surface area contributed by atoms with Crippen LogP contribution in [-0.4, -0.2) is 61.1 Å². The smallest absolute Gasteiger partial charge is 0.326 e. The Morgan fingerprint density at radius 2 is 1.90 bits per heavy atom. The first kappa shape index (κ1) is 28.4. The Bertz CT molecular complexity index is 1240. The van der Waals surface area contributed by atoms with Gasteiger partial charge in [0.1, 0.15) is 6.04 Å². The molecule has 2 aromatic rings. The third-order valence-corrected chi connectivity index (χ3v) is 7.56. The second kappa shape index (κ2) is 13.0. The number of hydrogen-bond acceptors (Lipinski definition) is 6. The molecule has 0 saturated carbocycles. The molecule has 2 aromatic carbocycles. The summed E-state index contributed by atoms with van der Waals surface area (Å²) in [6.45, 7) is 6.80. The van der Waals surface area contributed by atoms with Crippen LogP contribution in [0.4, 0.5) is 5.69 Å². The minimum absolute atomic E-state index is 0.0137. The SMILES string of the molecule is CCc1cc(Cl)cc(C)c1C(=O)NC(Cc1ccc(N2CCC(C(=O)NC3=NCCCN3)CC2)cc1)C(=O)O. The van der Waals surface area contributed by atoms with E-state index in [4.69, 9.17) is 11.6 Å². The standard InChI is InChI=1S/C29H36ClN5O4/c1-3-20-17-22(30)15-18(2)25(20)27(37)33-24(28(38)39)16-19-5-7-23(8-6-19)35-13-9-21(10-14-35)26(36)34-29-31-11-4-12-32-29/h5-8,15,17,21,24H,3-4,9-14,16H2,1-2H3,(H,33,37)(H,38,39)(H2,31,32,34,36). The lowest BCUT2D eigenvalue weighted by Gasteiger charge is -2.33. The van der Waals surface area contributed by atoms with Gasteiger partial charge in [0.15, 0.2) is 5.96 Å². The van der Waals surface area contributed by atoms with Crippen molar-refractivity contribution in [3.8, 4) is 0 Å². The number of hydrogen-bond donors (Lipinski definition) is 4. The number of anilines is 1. The van der Waals surface area contributed by atoms with Crippen molar-refractivity contribution in [2.45, 2.75) is 52.0 Å². The summed E-state index contributed by atoms with van der Waals surface area (Å²) in [6, 6.07) is 10.1. The molecule has 9 nitrogen and oxygen atoms in total. The van der Waals surface area contributed by atoms with E-state index in [-0.39, 0.29) is 18.2 Å². The predicted octanol–water partition coefficient (Wildman–Crippen LogP) is 3.32. The number of aryl methyl sites for hydroxylation is 2. The van der Waals surface area contributed by atoms with Crippen LogP contribution in [0.1, 0.15) is 53.2 Å². The molecule has 1 fully saturated rings. The van der Waals surface area contributed by atoms with E-state index in [1.807, 2.05) is 31.2 Å². The van der Waals surface area contributed by atoms with E-state index in [0.29, 0.717) is 28.5 Å². The Balaban J connectivity index is 1.33. The van der Waals surface area contributed by atoms with Crippen molar-refractivity contribution in [3.05, 3.63) is 63.7 Å². The lowest BCUT2D eigenvalue weighted by Crippen LogP contribution is -2.48. The van der Waals surface area contributed by atoms with E-state index in [9.17, 15) is 19.5 Å². The Morgan fingerprint density at radius 1 is 1.18 bits per heavy atom. The molecule has 4 rings (SSSR count). The summed E-state index contributed by atoms with van der Waals surface area (Å²) in [6.07, 6.45) is 3.24. The third kappa shape index (κ3) is 7.29. The van der Waals surface area contributed by atoms with Gasteiger partial charge in [0.05, 0.1) is 0 Å². The second-order valence-corrected chi connectivity index (χ2v) is 10.5. The number of rotatable bonds is 8. The van der Waals surface area contributed by atoms with Gasteiger partial charge in [0, 0.05) is 54.8 Å². The molecule has 2 amide bonds. The zero-order chi connectivity index (χ0) is 27.9. The lowest BCUT2D eigenvalue weighted by atomic mass is 9.95. The molecule has 0 bridgehead atoms. The van der Waals surface area contributed by atoms with Crippen molar-refractivity contribution in [1.82, 2.24) is 16.0 Å². The molecule has 4 N–H and O–H groups in total. The largest absolute Gasteiger partial charge is 0.480 e. The van der Waals surface area contributed by atoms with Gasteiger partial charge in [-0.25, -0.2) is 4.79 Å². The van der Waals surface area contributed by atoms with Crippen LogP contribution in [0, 0.1) is 12.8 Å². The number of nitrogens with zero attached hydrogens (tertiary/aromatic N) is 2. The fourth-order valence-corrected chi connectivity index (χ4v) is 5.46. The highest BCUT2D eigenvalue weighted by molar-refractivity contribution is 6.30. The van der Waals surface area contributed by atoms with Crippen LogP contribution in [0.3, 0.4) is 0 Å². The maximum atomic E-state index is 13.0. The number of aliphatic imine (C=N–C) groups is 1. The molecular formula is C29H36ClN5O4. The van der Waals surface area contributed by atoms with Gasteiger partial charge in [-0.3, -0.25) is 19.9 Å².